The van der Waals surface area contributed by atoms with E-state index < -0.39 is 17.9 Å². The minimum atomic E-state index is -0.682. The van der Waals surface area contributed by atoms with Gasteiger partial charge in [0.05, 0.1) is 45.5 Å². The van der Waals surface area contributed by atoms with E-state index in [1.165, 1.54) is 21.3 Å². The third-order valence-electron chi connectivity index (χ3n) is 4.60. The van der Waals surface area contributed by atoms with Crippen molar-refractivity contribution < 1.29 is 28.5 Å². The van der Waals surface area contributed by atoms with Gasteiger partial charge in [0.2, 0.25) is 0 Å². The maximum atomic E-state index is 12.6. The smallest absolute Gasteiger partial charge is 0.336 e. The van der Waals surface area contributed by atoms with Gasteiger partial charge >= 0.3 is 11.9 Å². The summed E-state index contributed by atoms with van der Waals surface area (Å²) in [5.41, 5.74) is 1.32. The van der Waals surface area contributed by atoms with E-state index in [1.54, 1.807) is 37.7 Å². The lowest BCUT2D eigenvalue weighted by Crippen LogP contribution is -2.29. The molecule has 0 amide bonds. The van der Waals surface area contributed by atoms with Gasteiger partial charge in [-0.05, 0) is 12.5 Å². The number of rotatable bonds is 8. The van der Waals surface area contributed by atoms with Gasteiger partial charge < -0.3 is 23.8 Å². The van der Waals surface area contributed by atoms with Gasteiger partial charge in [0, 0.05) is 30.6 Å². The molecule has 0 N–H and O–H groups in total. The van der Waals surface area contributed by atoms with E-state index in [1.807, 2.05) is 4.90 Å². The van der Waals surface area contributed by atoms with E-state index in [0.717, 1.165) is 12.8 Å². The molecule has 0 saturated heterocycles. The number of hydrogen-bond acceptors (Lipinski definition) is 7. The molecule has 1 heterocycles. The largest absolute Gasteiger partial charge is 0.497 e. The first-order chi connectivity index (χ1) is 13.5. The van der Waals surface area contributed by atoms with Crippen molar-refractivity contribution in [3.63, 3.8) is 0 Å². The summed E-state index contributed by atoms with van der Waals surface area (Å²) >= 11 is 0. The molecule has 1 aliphatic rings. The Morgan fingerprint density at radius 3 is 2.04 bits per heavy atom. The van der Waals surface area contributed by atoms with E-state index in [-0.39, 0.29) is 0 Å². The molecule has 0 aromatic heterocycles. The molecule has 0 spiro atoms. The Morgan fingerprint density at radius 1 is 0.964 bits per heavy atom. The lowest BCUT2D eigenvalue weighted by Gasteiger charge is -2.30. The maximum Gasteiger partial charge on any atom is 0.336 e. The molecule has 7 nitrogen and oxygen atoms in total. The number of carbonyl (C=O) groups excluding carboxylic acids is 2. The van der Waals surface area contributed by atoms with Gasteiger partial charge in [0.1, 0.15) is 11.5 Å². The van der Waals surface area contributed by atoms with Crippen LogP contribution in [0.4, 0.5) is 0 Å². The zero-order valence-electron chi connectivity index (χ0n) is 17.0. The Hall–Kier alpha value is -2.96. The monoisotopic (exact) mass is 389 g/mol. The molecule has 152 valence electrons. The van der Waals surface area contributed by atoms with Crippen LogP contribution in [-0.2, 0) is 19.1 Å². The fraction of sp³-hybridized carbons (Fsp3) is 0.429. The molecule has 28 heavy (non-hydrogen) atoms. The molecule has 1 aromatic rings. The summed E-state index contributed by atoms with van der Waals surface area (Å²) in [6.07, 6.45) is 5.34. The molecule has 2 rings (SSSR count). The molecule has 0 aliphatic carbocycles. The van der Waals surface area contributed by atoms with Crippen molar-refractivity contribution in [3.8, 4) is 11.5 Å². The number of hydrogen-bond donors (Lipinski definition) is 0. The van der Waals surface area contributed by atoms with Crippen molar-refractivity contribution in [1.82, 2.24) is 4.90 Å². The van der Waals surface area contributed by atoms with Crippen LogP contribution >= 0.6 is 0 Å². The van der Waals surface area contributed by atoms with Gasteiger partial charge in [-0.15, -0.1) is 0 Å². The summed E-state index contributed by atoms with van der Waals surface area (Å²) in [7, 11) is 5.72. The van der Waals surface area contributed by atoms with Gasteiger partial charge in [-0.25, -0.2) is 9.59 Å². The third-order valence-corrected chi connectivity index (χ3v) is 4.60. The maximum absolute atomic E-state index is 12.6. The molecule has 0 fully saturated rings. The summed E-state index contributed by atoms with van der Waals surface area (Å²) in [5.74, 6) is -0.611. The second-order valence-corrected chi connectivity index (χ2v) is 6.28. The Balaban J connectivity index is 2.63. The average molecular weight is 389 g/mol. The number of unbranched alkanes of at least 4 members (excludes halogenated alkanes) is 1. The molecule has 7 heteroatoms. The minimum Gasteiger partial charge on any atom is -0.497 e. The molecule has 1 aromatic carbocycles. The van der Waals surface area contributed by atoms with Gasteiger partial charge in [0.25, 0.3) is 0 Å². The summed E-state index contributed by atoms with van der Waals surface area (Å²) in [6, 6.07) is 5.24. The van der Waals surface area contributed by atoms with E-state index >= 15 is 0 Å². The van der Waals surface area contributed by atoms with E-state index in [0.29, 0.717) is 34.8 Å². The van der Waals surface area contributed by atoms with Crippen LogP contribution in [0, 0.1) is 0 Å². The van der Waals surface area contributed by atoms with E-state index in [9.17, 15) is 9.59 Å². The van der Waals surface area contributed by atoms with Crippen molar-refractivity contribution in [2.24, 2.45) is 0 Å². The third kappa shape index (κ3) is 4.47. The second kappa shape index (κ2) is 9.82. The van der Waals surface area contributed by atoms with Gasteiger partial charge in [-0.2, -0.15) is 0 Å². The second-order valence-electron chi connectivity index (χ2n) is 6.28. The van der Waals surface area contributed by atoms with Gasteiger partial charge in [-0.3, -0.25) is 0 Å². The average Bonchev–Trinajstić information content (AvgIpc) is 2.75. The molecule has 0 saturated carbocycles. The highest BCUT2D eigenvalue weighted by atomic mass is 16.5. The highest BCUT2D eigenvalue weighted by Crippen LogP contribution is 2.42. The van der Waals surface area contributed by atoms with Crippen molar-refractivity contribution in [1.29, 1.82) is 0 Å². The summed E-state index contributed by atoms with van der Waals surface area (Å²) in [6.45, 7) is 2.74. The van der Waals surface area contributed by atoms with Crippen LogP contribution in [0.1, 0.15) is 31.2 Å². The minimum absolute atomic E-state index is 0.338. The summed E-state index contributed by atoms with van der Waals surface area (Å²) in [4.78, 5) is 27.0. The normalized spacial score (nSPS) is 14.1. The molecular formula is C21H27NO6. The first-order valence-electron chi connectivity index (χ1n) is 9.08. The molecule has 0 unspecified atom stereocenters. The number of methoxy groups -OCH3 is 4. The highest BCUT2D eigenvalue weighted by Gasteiger charge is 2.36. The van der Waals surface area contributed by atoms with Crippen molar-refractivity contribution in [2.75, 3.05) is 35.0 Å². The topological polar surface area (TPSA) is 74.3 Å². The first-order valence-corrected chi connectivity index (χ1v) is 9.08. The number of benzene rings is 1. The van der Waals surface area contributed by atoms with Gasteiger partial charge in [0.15, 0.2) is 0 Å². The fourth-order valence-corrected chi connectivity index (χ4v) is 3.15. The summed E-state index contributed by atoms with van der Waals surface area (Å²) in [5, 5.41) is 0. The predicted octanol–water partition coefficient (Wildman–Crippen LogP) is 3.02. The Labute approximate surface area is 165 Å². The Morgan fingerprint density at radius 2 is 1.57 bits per heavy atom. The van der Waals surface area contributed by atoms with Crippen LogP contribution in [0.2, 0.25) is 0 Å². The lowest BCUT2D eigenvalue weighted by atomic mass is 9.82. The number of carbonyl (C=O) groups is 2. The van der Waals surface area contributed by atoms with E-state index in [4.69, 9.17) is 18.9 Å². The quantitative estimate of drug-likeness (QED) is 0.633. The molecule has 0 atom stereocenters. The van der Waals surface area contributed by atoms with Crippen LogP contribution in [0.15, 0.2) is 41.7 Å². The van der Waals surface area contributed by atoms with Crippen molar-refractivity contribution in [2.45, 2.75) is 25.7 Å². The van der Waals surface area contributed by atoms with Crippen LogP contribution in [0.5, 0.6) is 11.5 Å². The van der Waals surface area contributed by atoms with Crippen LogP contribution in [0.3, 0.4) is 0 Å². The zero-order chi connectivity index (χ0) is 20.7. The Bertz CT molecular complexity index is 749. The van der Waals surface area contributed by atoms with E-state index in [2.05, 4.69) is 6.92 Å². The van der Waals surface area contributed by atoms with Gasteiger partial charge in [-0.1, -0.05) is 19.4 Å². The first kappa shape index (κ1) is 21.3. The Kier molecular flexibility index (Phi) is 7.49. The molecule has 0 bridgehead atoms. The summed E-state index contributed by atoms with van der Waals surface area (Å²) < 4.78 is 20.7. The molecular weight excluding hydrogens is 362 g/mol. The predicted molar refractivity (Wildman–Crippen MR) is 104 cm³/mol. The van der Waals surface area contributed by atoms with Crippen molar-refractivity contribution >= 4 is 11.9 Å². The fourth-order valence-electron chi connectivity index (χ4n) is 3.15. The SMILES string of the molecule is CCCCN1C=C(C(=O)OC)C(c2ccc(OC)cc2OC)C(C(=O)OC)=C1. The van der Waals surface area contributed by atoms with Crippen LogP contribution < -0.4 is 9.47 Å². The standard InChI is InChI=1S/C21H27NO6/c1-6-7-10-22-12-16(20(23)27-4)19(17(13-22)21(24)28-5)15-9-8-14(25-2)11-18(15)26-3/h8-9,11-13,19H,6-7,10H2,1-5H3. The number of esters is 2. The van der Waals surface area contributed by atoms with Crippen LogP contribution in [-0.4, -0.2) is 51.8 Å². The number of ether oxygens (including phenoxy) is 4. The van der Waals surface area contributed by atoms with Crippen molar-refractivity contribution in [3.05, 3.63) is 47.3 Å². The van der Waals surface area contributed by atoms with Crippen LogP contribution in [0.25, 0.3) is 0 Å². The highest BCUT2D eigenvalue weighted by molar-refractivity contribution is 5.98. The molecule has 0 radical (unpaired) electrons. The molecule has 1 aliphatic heterocycles. The lowest BCUT2D eigenvalue weighted by molar-refractivity contribution is -0.137. The zero-order valence-corrected chi connectivity index (χ0v) is 17.0. The number of nitrogens with zero attached hydrogens (tertiary/aromatic N) is 1.